The van der Waals surface area contributed by atoms with Crippen molar-refractivity contribution in [1.82, 2.24) is 0 Å². The second-order valence-corrected chi connectivity index (χ2v) is 5.13. The predicted octanol–water partition coefficient (Wildman–Crippen LogP) is 3.59. The molecule has 20 heavy (non-hydrogen) atoms. The van der Waals surface area contributed by atoms with Crippen molar-refractivity contribution in [2.24, 2.45) is 0 Å². The molecule has 0 saturated heterocycles. The lowest BCUT2D eigenvalue weighted by molar-refractivity contribution is 0.305. The molecule has 0 fully saturated rings. The smallest absolute Gasteiger partial charge is 0.124 e. The molecule has 1 aromatic heterocycles. The fourth-order valence-corrected chi connectivity index (χ4v) is 2.60. The van der Waals surface area contributed by atoms with Gasteiger partial charge < -0.3 is 9.52 Å². The van der Waals surface area contributed by atoms with Crippen molar-refractivity contribution in [3.63, 3.8) is 0 Å². The van der Waals surface area contributed by atoms with Crippen LogP contribution in [0.3, 0.4) is 0 Å². The molecular weight excluding hydrogens is 275 g/mol. The Labute approximate surface area is 122 Å². The SMILES string of the molecule is OCCC#Cc1cc(F)ccc1CSCc1ccco1. The normalized spacial score (nSPS) is 10.1. The highest BCUT2D eigenvalue weighted by molar-refractivity contribution is 7.97. The number of rotatable bonds is 5. The summed E-state index contributed by atoms with van der Waals surface area (Å²) in [7, 11) is 0. The highest BCUT2D eigenvalue weighted by Gasteiger charge is 2.03. The Kier molecular flexibility index (Phi) is 5.72. The zero-order valence-electron chi connectivity index (χ0n) is 10.9. The Hall–Kier alpha value is -1.70. The zero-order valence-corrected chi connectivity index (χ0v) is 11.8. The van der Waals surface area contributed by atoms with Crippen LogP contribution in [-0.4, -0.2) is 11.7 Å². The van der Waals surface area contributed by atoms with Crippen molar-refractivity contribution < 1.29 is 13.9 Å². The van der Waals surface area contributed by atoms with E-state index < -0.39 is 0 Å². The van der Waals surface area contributed by atoms with Gasteiger partial charge in [0.1, 0.15) is 11.6 Å². The van der Waals surface area contributed by atoms with Gasteiger partial charge in [0.05, 0.1) is 18.6 Å². The van der Waals surface area contributed by atoms with E-state index in [-0.39, 0.29) is 12.4 Å². The van der Waals surface area contributed by atoms with Crippen LogP contribution in [0, 0.1) is 17.7 Å². The van der Waals surface area contributed by atoms with Crippen LogP contribution < -0.4 is 0 Å². The van der Waals surface area contributed by atoms with Crippen molar-refractivity contribution in [3.8, 4) is 11.8 Å². The molecule has 0 spiro atoms. The Morgan fingerprint density at radius 1 is 1.25 bits per heavy atom. The van der Waals surface area contributed by atoms with Crippen LogP contribution in [0.15, 0.2) is 41.0 Å². The third kappa shape index (κ3) is 4.44. The zero-order chi connectivity index (χ0) is 14.2. The number of furan rings is 1. The third-order valence-corrected chi connectivity index (χ3v) is 3.62. The predicted molar refractivity (Wildman–Crippen MR) is 78.7 cm³/mol. The van der Waals surface area contributed by atoms with Gasteiger partial charge >= 0.3 is 0 Å². The molecule has 2 rings (SSSR count). The molecule has 0 bridgehead atoms. The van der Waals surface area contributed by atoms with Gasteiger partial charge in [-0.25, -0.2) is 4.39 Å². The Morgan fingerprint density at radius 3 is 2.90 bits per heavy atom. The first-order chi connectivity index (χ1) is 9.79. The lowest BCUT2D eigenvalue weighted by atomic mass is 10.1. The number of hydrogen-bond donors (Lipinski definition) is 1. The summed E-state index contributed by atoms with van der Waals surface area (Å²) in [4.78, 5) is 0. The van der Waals surface area contributed by atoms with E-state index in [1.807, 2.05) is 12.1 Å². The fraction of sp³-hybridized carbons (Fsp3) is 0.250. The molecule has 0 radical (unpaired) electrons. The van der Waals surface area contributed by atoms with E-state index in [1.54, 1.807) is 24.1 Å². The molecule has 0 unspecified atom stereocenters. The van der Waals surface area contributed by atoms with Gasteiger partial charge in [-0.2, -0.15) is 0 Å². The molecule has 0 aliphatic carbocycles. The van der Waals surface area contributed by atoms with Crippen LogP contribution in [0.25, 0.3) is 0 Å². The van der Waals surface area contributed by atoms with Crippen LogP contribution in [0.4, 0.5) is 4.39 Å². The van der Waals surface area contributed by atoms with Crippen molar-refractivity contribution in [2.75, 3.05) is 6.61 Å². The lowest BCUT2D eigenvalue weighted by Gasteiger charge is -2.04. The van der Waals surface area contributed by atoms with E-state index in [9.17, 15) is 4.39 Å². The summed E-state index contributed by atoms with van der Waals surface area (Å²) in [5.41, 5.74) is 1.68. The minimum absolute atomic E-state index is 0.0187. The average Bonchev–Trinajstić information content (AvgIpc) is 2.95. The number of benzene rings is 1. The molecule has 1 heterocycles. The Balaban J connectivity index is 2.01. The van der Waals surface area contributed by atoms with E-state index >= 15 is 0 Å². The molecule has 1 aromatic carbocycles. The van der Waals surface area contributed by atoms with Gasteiger partial charge in [-0.15, -0.1) is 11.8 Å². The number of hydrogen-bond acceptors (Lipinski definition) is 3. The van der Waals surface area contributed by atoms with Crippen molar-refractivity contribution in [2.45, 2.75) is 17.9 Å². The van der Waals surface area contributed by atoms with E-state index in [0.717, 1.165) is 22.8 Å². The summed E-state index contributed by atoms with van der Waals surface area (Å²) in [6, 6.07) is 8.43. The molecule has 1 N–H and O–H groups in total. The fourth-order valence-electron chi connectivity index (χ4n) is 1.66. The lowest BCUT2D eigenvalue weighted by Crippen LogP contribution is -1.90. The average molecular weight is 290 g/mol. The van der Waals surface area contributed by atoms with E-state index in [0.29, 0.717) is 12.0 Å². The van der Waals surface area contributed by atoms with Gasteiger partial charge in [0.15, 0.2) is 0 Å². The van der Waals surface area contributed by atoms with E-state index in [1.165, 1.54) is 12.1 Å². The summed E-state index contributed by atoms with van der Waals surface area (Å²) in [6.45, 7) is 0.0187. The number of aliphatic hydroxyl groups excluding tert-OH is 1. The molecular formula is C16H15FO2S. The number of aliphatic hydroxyl groups is 1. The second kappa shape index (κ2) is 7.78. The van der Waals surface area contributed by atoms with Gasteiger partial charge in [0.25, 0.3) is 0 Å². The highest BCUT2D eigenvalue weighted by Crippen LogP contribution is 2.21. The standard InChI is InChI=1S/C16H15FO2S/c17-15-7-6-14(13(10-15)4-1-2-8-18)11-20-12-16-5-3-9-19-16/h3,5-7,9-10,18H,2,8,11-12H2. The van der Waals surface area contributed by atoms with Crippen LogP contribution in [0.1, 0.15) is 23.3 Å². The minimum Gasteiger partial charge on any atom is -0.468 e. The maximum absolute atomic E-state index is 13.3. The summed E-state index contributed by atoms with van der Waals surface area (Å²) >= 11 is 1.69. The monoisotopic (exact) mass is 290 g/mol. The molecule has 2 nitrogen and oxygen atoms in total. The summed E-state index contributed by atoms with van der Waals surface area (Å²) < 4.78 is 18.5. The molecule has 104 valence electrons. The first kappa shape index (κ1) is 14.7. The summed E-state index contributed by atoms with van der Waals surface area (Å²) in [6.07, 6.45) is 2.05. The van der Waals surface area contributed by atoms with E-state index in [4.69, 9.17) is 9.52 Å². The van der Waals surface area contributed by atoms with Crippen molar-refractivity contribution >= 4 is 11.8 Å². The van der Waals surface area contributed by atoms with Gasteiger partial charge in [0, 0.05) is 17.7 Å². The van der Waals surface area contributed by atoms with E-state index in [2.05, 4.69) is 11.8 Å². The highest BCUT2D eigenvalue weighted by atomic mass is 32.2. The van der Waals surface area contributed by atoms with Crippen LogP contribution in [-0.2, 0) is 11.5 Å². The third-order valence-electron chi connectivity index (χ3n) is 2.61. The first-order valence-corrected chi connectivity index (χ1v) is 7.43. The minimum atomic E-state index is -0.293. The van der Waals surface area contributed by atoms with Gasteiger partial charge in [-0.05, 0) is 29.8 Å². The number of thioether (sulfide) groups is 1. The quantitative estimate of drug-likeness (QED) is 0.854. The molecule has 0 atom stereocenters. The Bertz CT molecular complexity index is 597. The molecule has 0 aliphatic rings. The summed E-state index contributed by atoms with van der Waals surface area (Å²) in [5.74, 6) is 7.88. The second-order valence-electron chi connectivity index (χ2n) is 4.15. The maximum Gasteiger partial charge on any atom is 0.124 e. The molecule has 4 heteroatoms. The maximum atomic E-state index is 13.3. The van der Waals surface area contributed by atoms with Crippen LogP contribution >= 0.6 is 11.8 Å². The van der Waals surface area contributed by atoms with Crippen LogP contribution in [0.5, 0.6) is 0 Å². The first-order valence-electron chi connectivity index (χ1n) is 6.28. The van der Waals surface area contributed by atoms with Gasteiger partial charge in [0.2, 0.25) is 0 Å². The van der Waals surface area contributed by atoms with Crippen molar-refractivity contribution in [1.29, 1.82) is 0 Å². The van der Waals surface area contributed by atoms with Gasteiger partial charge in [-0.3, -0.25) is 0 Å². The van der Waals surface area contributed by atoms with Gasteiger partial charge in [-0.1, -0.05) is 17.9 Å². The molecule has 0 saturated carbocycles. The van der Waals surface area contributed by atoms with Crippen molar-refractivity contribution in [3.05, 3.63) is 59.3 Å². The Morgan fingerprint density at radius 2 is 2.15 bits per heavy atom. The number of halogens is 1. The summed E-state index contributed by atoms with van der Waals surface area (Å²) in [5, 5.41) is 8.72. The largest absolute Gasteiger partial charge is 0.468 e. The molecule has 2 aromatic rings. The topological polar surface area (TPSA) is 33.4 Å². The van der Waals surface area contributed by atoms with Crippen LogP contribution in [0.2, 0.25) is 0 Å². The molecule has 0 amide bonds. The molecule has 0 aliphatic heterocycles.